The van der Waals surface area contributed by atoms with Gasteiger partial charge in [-0.05, 0) is 24.3 Å². The van der Waals surface area contributed by atoms with Crippen molar-refractivity contribution in [2.75, 3.05) is 11.5 Å². The van der Waals surface area contributed by atoms with E-state index in [1.165, 1.54) is 0 Å². The van der Waals surface area contributed by atoms with Crippen LogP contribution in [0.5, 0.6) is 0 Å². The molecule has 0 aliphatic rings. The van der Waals surface area contributed by atoms with Crippen molar-refractivity contribution < 1.29 is 0 Å². The Bertz CT molecular complexity index is 374. The van der Waals surface area contributed by atoms with Gasteiger partial charge in [-0.1, -0.05) is 12.1 Å². The molecular formula is C11H11N3. The van der Waals surface area contributed by atoms with E-state index < -0.39 is 0 Å². The fourth-order valence-electron chi connectivity index (χ4n) is 1.23. The van der Waals surface area contributed by atoms with Crippen LogP contribution in [0.15, 0.2) is 42.6 Å². The van der Waals surface area contributed by atoms with Crippen molar-refractivity contribution in [1.82, 2.24) is 4.98 Å². The first-order valence-electron chi connectivity index (χ1n) is 4.33. The highest BCUT2D eigenvalue weighted by Gasteiger charge is 1.97. The minimum absolute atomic E-state index is 0.671. The smallest absolute Gasteiger partial charge is 0.0703 e. The van der Waals surface area contributed by atoms with Crippen molar-refractivity contribution in [2.45, 2.75) is 0 Å². The highest BCUT2D eigenvalue weighted by Crippen LogP contribution is 2.18. The lowest BCUT2D eigenvalue weighted by atomic mass is 10.1. The number of nitrogens with two attached hydrogens (primary N) is 2. The van der Waals surface area contributed by atoms with Crippen LogP contribution in [0.25, 0.3) is 11.3 Å². The third-order valence-electron chi connectivity index (χ3n) is 1.99. The van der Waals surface area contributed by atoms with Crippen LogP contribution >= 0.6 is 0 Å². The Labute approximate surface area is 82.4 Å². The maximum absolute atomic E-state index is 5.59. The summed E-state index contributed by atoms with van der Waals surface area (Å²) in [5, 5.41) is 0. The Morgan fingerprint density at radius 2 is 1.43 bits per heavy atom. The fraction of sp³-hybridized carbons (Fsp3) is 0. The molecule has 3 nitrogen and oxygen atoms in total. The molecule has 3 heteroatoms. The number of nitrogen functional groups attached to an aromatic ring is 2. The second-order valence-electron chi connectivity index (χ2n) is 3.10. The van der Waals surface area contributed by atoms with E-state index in [1.807, 2.05) is 36.4 Å². The van der Waals surface area contributed by atoms with E-state index in [9.17, 15) is 0 Å². The zero-order valence-electron chi connectivity index (χ0n) is 7.64. The van der Waals surface area contributed by atoms with Crippen molar-refractivity contribution in [1.29, 1.82) is 0 Å². The molecule has 1 aromatic heterocycles. The Hall–Kier alpha value is -2.03. The Morgan fingerprint density at radius 1 is 0.786 bits per heavy atom. The minimum atomic E-state index is 0.671. The van der Waals surface area contributed by atoms with E-state index in [-0.39, 0.29) is 0 Å². The summed E-state index contributed by atoms with van der Waals surface area (Å²) in [5.41, 5.74) is 14.5. The molecule has 0 saturated heterocycles. The second kappa shape index (κ2) is 3.38. The summed E-state index contributed by atoms with van der Waals surface area (Å²) in [7, 11) is 0. The second-order valence-corrected chi connectivity index (χ2v) is 3.10. The lowest BCUT2D eigenvalue weighted by Gasteiger charge is -2.01. The van der Waals surface area contributed by atoms with Crippen LogP contribution in [0.4, 0.5) is 11.4 Å². The van der Waals surface area contributed by atoms with Crippen molar-refractivity contribution in [3.05, 3.63) is 42.6 Å². The van der Waals surface area contributed by atoms with Gasteiger partial charge in [-0.2, -0.15) is 0 Å². The quantitative estimate of drug-likeness (QED) is 0.667. The zero-order chi connectivity index (χ0) is 9.97. The Balaban J connectivity index is 2.40. The summed E-state index contributed by atoms with van der Waals surface area (Å²) >= 11 is 0. The molecule has 70 valence electrons. The molecule has 1 heterocycles. The van der Waals surface area contributed by atoms with Gasteiger partial charge < -0.3 is 11.5 Å². The van der Waals surface area contributed by atoms with Crippen LogP contribution in [0.2, 0.25) is 0 Å². The van der Waals surface area contributed by atoms with Crippen LogP contribution < -0.4 is 11.5 Å². The number of pyridine rings is 1. The Kier molecular flexibility index (Phi) is 2.07. The van der Waals surface area contributed by atoms with Gasteiger partial charge in [0.15, 0.2) is 0 Å². The molecule has 0 amide bonds. The summed E-state index contributed by atoms with van der Waals surface area (Å²) in [6.07, 6.45) is 1.64. The number of benzene rings is 1. The van der Waals surface area contributed by atoms with Crippen molar-refractivity contribution in [2.24, 2.45) is 0 Å². The summed E-state index contributed by atoms with van der Waals surface area (Å²) < 4.78 is 0. The predicted molar refractivity (Wildman–Crippen MR) is 58.5 cm³/mol. The first kappa shape index (κ1) is 8.56. The van der Waals surface area contributed by atoms with E-state index in [2.05, 4.69) is 4.98 Å². The molecule has 14 heavy (non-hydrogen) atoms. The maximum Gasteiger partial charge on any atom is 0.0703 e. The molecular weight excluding hydrogens is 174 g/mol. The van der Waals surface area contributed by atoms with Crippen molar-refractivity contribution in [3.63, 3.8) is 0 Å². The number of aromatic nitrogens is 1. The SMILES string of the molecule is Nc1ccc(-c2ccc(N)cn2)cc1. The first-order valence-corrected chi connectivity index (χ1v) is 4.33. The van der Waals surface area contributed by atoms with Gasteiger partial charge in [0, 0.05) is 11.3 Å². The van der Waals surface area contributed by atoms with E-state index in [0.29, 0.717) is 5.69 Å². The monoisotopic (exact) mass is 185 g/mol. The van der Waals surface area contributed by atoms with E-state index in [1.54, 1.807) is 6.20 Å². The number of anilines is 2. The summed E-state index contributed by atoms with van der Waals surface area (Å²) in [6, 6.07) is 11.3. The van der Waals surface area contributed by atoms with Gasteiger partial charge >= 0.3 is 0 Å². The third-order valence-corrected chi connectivity index (χ3v) is 1.99. The van der Waals surface area contributed by atoms with Gasteiger partial charge in [0.05, 0.1) is 17.6 Å². The average Bonchev–Trinajstić information content (AvgIpc) is 2.21. The predicted octanol–water partition coefficient (Wildman–Crippen LogP) is 1.91. The molecule has 0 fully saturated rings. The third kappa shape index (κ3) is 1.66. The number of rotatable bonds is 1. The van der Waals surface area contributed by atoms with E-state index in [4.69, 9.17) is 11.5 Å². The summed E-state index contributed by atoms with van der Waals surface area (Å²) in [4.78, 5) is 4.21. The largest absolute Gasteiger partial charge is 0.399 e. The number of hydrogen-bond donors (Lipinski definition) is 2. The zero-order valence-corrected chi connectivity index (χ0v) is 7.64. The molecule has 4 N–H and O–H groups in total. The van der Waals surface area contributed by atoms with E-state index in [0.717, 1.165) is 16.9 Å². The molecule has 0 atom stereocenters. The number of nitrogens with zero attached hydrogens (tertiary/aromatic N) is 1. The fourth-order valence-corrected chi connectivity index (χ4v) is 1.23. The van der Waals surface area contributed by atoms with Gasteiger partial charge in [-0.3, -0.25) is 4.98 Å². The van der Waals surface area contributed by atoms with Crippen LogP contribution in [0.3, 0.4) is 0 Å². The van der Waals surface area contributed by atoms with Crippen molar-refractivity contribution in [3.8, 4) is 11.3 Å². The molecule has 0 unspecified atom stereocenters. The van der Waals surface area contributed by atoms with Gasteiger partial charge in [0.1, 0.15) is 0 Å². The maximum atomic E-state index is 5.59. The standard InChI is InChI=1S/C11H11N3/c12-9-3-1-8(2-4-9)11-6-5-10(13)7-14-11/h1-7H,12-13H2. The first-order chi connectivity index (χ1) is 6.75. The summed E-state index contributed by atoms with van der Waals surface area (Å²) in [5.74, 6) is 0. The van der Waals surface area contributed by atoms with Gasteiger partial charge in [0.2, 0.25) is 0 Å². The minimum Gasteiger partial charge on any atom is -0.399 e. The van der Waals surface area contributed by atoms with Crippen LogP contribution in [0, 0.1) is 0 Å². The van der Waals surface area contributed by atoms with E-state index >= 15 is 0 Å². The molecule has 2 aromatic rings. The molecule has 0 aliphatic carbocycles. The normalized spacial score (nSPS) is 10.0. The highest BCUT2D eigenvalue weighted by atomic mass is 14.7. The molecule has 0 aliphatic heterocycles. The van der Waals surface area contributed by atoms with Gasteiger partial charge in [-0.25, -0.2) is 0 Å². The molecule has 2 rings (SSSR count). The topological polar surface area (TPSA) is 64.9 Å². The lowest BCUT2D eigenvalue weighted by molar-refractivity contribution is 1.33. The number of hydrogen-bond acceptors (Lipinski definition) is 3. The lowest BCUT2D eigenvalue weighted by Crippen LogP contribution is -1.89. The average molecular weight is 185 g/mol. The Morgan fingerprint density at radius 3 is 2.00 bits per heavy atom. The van der Waals surface area contributed by atoms with Crippen LogP contribution in [-0.2, 0) is 0 Å². The molecule has 0 bridgehead atoms. The molecule has 0 saturated carbocycles. The van der Waals surface area contributed by atoms with Gasteiger partial charge in [0.25, 0.3) is 0 Å². The van der Waals surface area contributed by atoms with Gasteiger partial charge in [-0.15, -0.1) is 0 Å². The van der Waals surface area contributed by atoms with Crippen LogP contribution in [-0.4, -0.2) is 4.98 Å². The molecule has 0 spiro atoms. The summed E-state index contributed by atoms with van der Waals surface area (Å²) in [6.45, 7) is 0. The van der Waals surface area contributed by atoms with Crippen LogP contribution in [0.1, 0.15) is 0 Å². The molecule has 0 radical (unpaired) electrons. The highest BCUT2D eigenvalue weighted by molar-refractivity contribution is 5.62. The van der Waals surface area contributed by atoms with Crippen molar-refractivity contribution >= 4 is 11.4 Å². The molecule has 1 aromatic carbocycles.